The molecule has 0 aliphatic rings. The van der Waals surface area contributed by atoms with Gasteiger partial charge in [-0.1, -0.05) is 31.8 Å². The van der Waals surface area contributed by atoms with Crippen LogP contribution in [0.5, 0.6) is 0 Å². The topological polar surface area (TPSA) is 38.4 Å². The van der Waals surface area contributed by atoms with Crippen LogP contribution in [0.15, 0.2) is 16.3 Å². The Balaban J connectivity index is 3.66. The summed E-state index contributed by atoms with van der Waals surface area (Å²) in [5.74, 6) is 0. The molecular weight excluding hydrogens is 172 g/mol. The standard InChI is InChI=1S/C12H24N2/c1-4-5-6-7-8-9-14-12(10-13)11(2)3/h9H,4-8,10,13H2,1-3H3. The van der Waals surface area contributed by atoms with Crippen molar-refractivity contribution in [2.75, 3.05) is 6.54 Å². The van der Waals surface area contributed by atoms with Crippen LogP contribution >= 0.6 is 0 Å². The third-order valence-electron chi connectivity index (χ3n) is 2.20. The zero-order valence-corrected chi connectivity index (χ0v) is 9.84. The summed E-state index contributed by atoms with van der Waals surface area (Å²) in [6, 6.07) is 0. The van der Waals surface area contributed by atoms with E-state index in [4.69, 9.17) is 5.73 Å². The Morgan fingerprint density at radius 2 is 1.93 bits per heavy atom. The molecule has 0 amide bonds. The van der Waals surface area contributed by atoms with Gasteiger partial charge in [0.2, 0.25) is 0 Å². The number of unbranched alkanes of at least 4 members (excludes halogenated alkanes) is 4. The van der Waals surface area contributed by atoms with E-state index in [-0.39, 0.29) is 0 Å². The molecule has 0 bridgehead atoms. The minimum Gasteiger partial charge on any atom is -0.325 e. The lowest BCUT2D eigenvalue weighted by molar-refractivity contribution is 0.685. The fourth-order valence-electron chi connectivity index (χ4n) is 1.22. The monoisotopic (exact) mass is 196 g/mol. The maximum Gasteiger partial charge on any atom is 0.0521 e. The summed E-state index contributed by atoms with van der Waals surface area (Å²) in [4.78, 5) is 4.37. The molecule has 0 unspecified atom stereocenters. The first-order chi connectivity index (χ1) is 6.72. The van der Waals surface area contributed by atoms with Crippen molar-refractivity contribution in [1.82, 2.24) is 0 Å². The van der Waals surface area contributed by atoms with E-state index >= 15 is 0 Å². The number of nitrogens with zero attached hydrogens (tertiary/aromatic N) is 1. The van der Waals surface area contributed by atoms with Crippen LogP contribution in [0.4, 0.5) is 0 Å². The van der Waals surface area contributed by atoms with E-state index in [1.165, 1.54) is 31.3 Å². The molecular formula is C12H24N2. The molecule has 0 radical (unpaired) electrons. The largest absolute Gasteiger partial charge is 0.325 e. The molecule has 14 heavy (non-hydrogen) atoms. The minimum absolute atomic E-state index is 0.549. The molecule has 0 saturated carbocycles. The SMILES string of the molecule is CCCCCCC=NC(CN)=C(C)C. The fraction of sp³-hybridized carbons (Fsp3) is 0.750. The van der Waals surface area contributed by atoms with E-state index in [1.54, 1.807) is 0 Å². The molecule has 0 aromatic carbocycles. The molecule has 2 N–H and O–H groups in total. The van der Waals surface area contributed by atoms with E-state index in [0.717, 1.165) is 12.1 Å². The predicted molar refractivity (Wildman–Crippen MR) is 64.7 cm³/mol. The highest BCUT2D eigenvalue weighted by Crippen LogP contribution is 2.04. The van der Waals surface area contributed by atoms with Gasteiger partial charge in [-0.05, 0) is 26.7 Å². The summed E-state index contributed by atoms with van der Waals surface area (Å²) >= 11 is 0. The lowest BCUT2D eigenvalue weighted by atomic mass is 10.2. The van der Waals surface area contributed by atoms with Crippen LogP contribution < -0.4 is 5.73 Å². The average molecular weight is 196 g/mol. The molecule has 82 valence electrons. The second kappa shape index (κ2) is 8.95. The Bertz CT molecular complexity index is 188. The van der Waals surface area contributed by atoms with Gasteiger partial charge in [-0.3, -0.25) is 4.99 Å². The first kappa shape index (κ1) is 13.4. The Labute approximate surface area is 88.3 Å². The van der Waals surface area contributed by atoms with Gasteiger partial charge < -0.3 is 5.73 Å². The first-order valence-electron chi connectivity index (χ1n) is 5.61. The van der Waals surface area contributed by atoms with Crippen molar-refractivity contribution in [3.8, 4) is 0 Å². The maximum absolute atomic E-state index is 5.56. The zero-order valence-electron chi connectivity index (χ0n) is 9.84. The van der Waals surface area contributed by atoms with E-state index in [1.807, 2.05) is 6.21 Å². The van der Waals surface area contributed by atoms with Crippen molar-refractivity contribution in [1.29, 1.82) is 0 Å². The van der Waals surface area contributed by atoms with Gasteiger partial charge in [0, 0.05) is 12.8 Å². The van der Waals surface area contributed by atoms with Crippen LogP contribution in [0.3, 0.4) is 0 Å². The summed E-state index contributed by atoms with van der Waals surface area (Å²) in [5, 5.41) is 0. The van der Waals surface area contributed by atoms with Crippen molar-refractivity contribution in [3.63, 3.8) is 0 Å². The van der Waals surface area contributed by atoms with Gasteiger partial charge in [0.15, 0.2) is 0 Å². The Morgan fingerprint density at radius 3 is 2.43 bits per heavy atom. The normalized spacial score (nSPS) is 10.9. The highest BCUT2D eigenvalue weighted by molar-refractivity contribution is 5.59. The molecule has 2 nitrogen and oxygen atoms in total. The van der Waals surface area contributed by atoms with Gasteiger partial charge in [0.05, 0.1) is 5.70 Å². The summed E-state index contributed by atoms with van der Waals surface area (Å²) in [5.41, 5.74) is 7.81. The molecule has 0 aromatic heterocycles. The highest BCUT2D eigenvalue weighted by Gasteiger charge is 1.91. The van der Waals surface area contributed by atoms with Crippen LogP contribution in [-0.4, -0.2) is 12.8 Å². The molecule has 0 atom stereocenters. The second-order valence-electron chi connectivity index (χ2n) is 3.81. The van der Waals surface area contributed by atoms with E-state index in [9.17, 15) is 0 Å². The molecule has 0 aliphatic carbocycles. The number of hydrogen-bond donors (Lipinski definition) is 1. The maximum atomic E-state index is 5.56. The fourth-order valence-corrected chi connectivity index (χ4v) is 1.22. The van der Waals surface area contributed by atoms with Crippen LogP contribution in [0, 0.1) is 0 Å². The summed E-state index contributed by atoms with van der Waals surface area (Å²) in [6.07, 6.45) is 8.27. The summed E-state index contributed by atoms with van der Waals surface area (Å²) < 4.78 is 0. The number of allylic oxidation sites excluding steroid dienone is 1. The second-order valence-corrected chi connectivity index (χ2v) is 3.81. The quantitative estimate of drug-likeness (QED) is 0.492. The molecule has 0 aliphatic heterocycles. The van der Waals surface area contributed by atoms with Crippen molar-refractivity contribution in [3.05, 3.63) is 11.3 Å². The number of hydrogen-bond acceptors (Lipinski definition) is 2. The van der Waals surface area contributed by atoms with Crippen LogP contribution in [0.25, 0.3) is 0 Å². The molecule has 0 spiro atoms. The van der Waals surface area contributed by atoms with Crippen molar-refractivity contribution in [2.45, 2.75) is 52.9 Å². The van der Waals surface area contributed by atoms with Gasteiger partial charge in [-0.15, -0.1) is 0 Å². The van der Waals surface area contributed by atoms with Gasteiger partial charge in [-0.25, -0.2) is 0 Å². The average Bonchev–Trinajstić information content (AvgIpc) is 2.16. The predicted octanol–water partition coefficient (Wildman–Crippen LogP) is 3.28. The number of aliphatic imine (C=N–C) groups is 1. The highest BCUT2D eigenvalue weighted by atomic mass is 14.8. The lowest BCUT2D eigenvalue weighted by Crippen LogP contribution is -2.02. The van der Waals surface area contributed by atoms with Gasteiger partial charge in [0.25, 0.3) is 0 Å². The zero-order chi connectivity index (χ0) is 10.8. The van der Waals surface area contributed by atoms with Crippen molar-refractivity contribution in [2.24, 2.45) is 10.7 Å². The summed E-state index contributed by atoms with van der Waals surface area (Å²) in [6.45, 7) is 6.88. The molecule has 0 aromatic rings. The molecule has 0 rings (SSSR count). The van der Waals surface area contributed by atoms with Gasteiger partial charge >= 0.3 is 0 Å². The molecule has 0 saturated heterocycles. The minimum atomic E-state index is 0.549. The third-order valence-corrected chi connectivity index (χ3v) is 2.20. The van der Waals surface area contributed by atoms with E-state index in [2.05, 4.69) is 25.8 Å². The molecule has 0 heterocycles. The van der Waals surface area contributed by atoms with E-state index in [0.29, 0.717) is 6.54 Å². The first-order valence-corrected chi connectivity index (χ1v) is 5.61. The molecule has 2 heteroatoms. The Morgan fingerprint density at radius 1 is 1.21 bits per heavy atom. The van der Waals surface area contributed by atoms with Crippen LogP contribution in [0.1, 0.15) is 52.9 Å². The van der Waals surface area contributed by atoms with Gasteiger partial charge in [0.1, 0.15) is 0 Å². The van der Waals surface area contributed by atoms with Crippen molar-refractivity contribution >= 4 is 6.21 Å². The number of nitrogens with two attached hydrogens (primary N) is 1. The van der Waals surface area contributed by atoms with Crippen LogP contribution in [0.2, 0.25) is 0 Å². The summed E-state index contributed by atoms with van der Waals surface area (Å²) in [7, 11) is 0. The van der Waals surface area contributed by atoms with Gasteiger partial charge in [-0.2, -0.15) is 0 Å². The van der Waals surface area contributed by atoms with Crippen molar-refractivity contribution < 1.29 is 0 Å². The smallest absolute Gasteiger partial charge is 0.0521 e. The lowest BCUT2D eigenvalue weighted by Gasteiger charge is -1.99. The Kier molecular flexibility index (Phi) is 8.54. The van der Waals surface area contributed by atoms with Crippen LogP contribution in [-0.2, 0) is 0 Å². The number of rotatable bonds is 7. The molecule has 0 fully saturated rings. The Hall–Kier alpha value is -0.630. The third kappa shape index (κ3) is 6.84. The van der Waals surface area contributed by atoms with E-state index < -0.39 is 0 Å².